The van der Waals surface area contributed by atoms with Gasteiger partial charge in [0.25, 0.3) is 0 Å². The van der Waals surface area contributed by atoms with Gasteiger partial charge in [0, 0.05) is 49.8 Å². The molecule has 0 radical (unpaired) electrons. The van der Waals surface area contributed by atoms with E-state index in [-0.39, 0.29) is 0 Å². The highest BCUT2D eigenvalue weighted by Crippen LogP contribution is 2.45. The zero-order chi connectivity index (χ0) is 28.1. The molecule has 4 aromatic rings. The van der Waals surface area contributed by atoms with Crippen molar-refractivity contribution in [2.45, 2.75) is 6.92 Å². The molecule has 12 heteroatoms. The maximum atomic E-state index is 6.58. The van der Waals surface area contributed by atoms with Gasteiger partial charge in [0.15, 0.2) is 5.82 Å². The Morgan fingerprint density at radius 2 is 1.62 bits per heavy atom. The summed E-state index contributed by atoms with van der Waals surface area (Å²) in [4.78, 5) is 22.8. The Morgan fingerprint density at radius 3 is 2.33 bits per heavy atom. The van der Waals surface area contributed by atoms with Crippen molar-refractivity contribution in [1.29, 1.82) is 0 Å². The summed E-state index contributed by atoms with van der Waals surface area (Å²) in [5.41, 5.74) is 3.07. The number of pyridine rings is 1. The zero-order valence-corrected chi connectivity index (χ0v) is 24.0. The number of nitrogens with zero attached hydrogens (tertiary/aromatic N) is 6. The SMILES string of the molecule is CCN1CCN(c2cccc(Nc3ncnc(-c4cccnc4Nc4c(Cl)c(OC)cc(OC)c4Cl)n3)c2)CC1. The van der Waals surface area contributed by atoms with Crippen LogP contribution >= 0.6 is 23.2 Å². The molecule has 5 rings (SSSR count). The maximum absolute atomic E-state index is 6.58. The number of anilines is 5. The van der Waals surface area contributed by atoms with Gasteiger partial charge in [-0.2, -0.15) is 4.98 Å². The Bertz CT molecular complexity index is 1450. The fourth-order valence-corrected chi connectivity index (χ4v) is 5.11. The second kappa shape index (κ2) is 12.5. The number of hydrogen-bond donors (Lipinski definition) is 2. The minimum Gasteiger partial charge on any atom is -0.495 e. The van der Waals surface area contributed by atoms with Gasteiger partial charge in [-0.05, 0) is 36.9 Å². The van der Waals surface area contributed by atoms with Gasteiger partial charge in [-0.1, -0.05) is 36.2 Å². The smallest absolute Gasteiger partial charge is 0.230 e. The zero-order valence-electron chi connectivity index (χ0n) is 22.5. The summed E-state index contributed by atoms with van der Waals surface area (Å²) in [5.74, 6) is 2.09. The van der Waals surface area contributed by atoms with Crippen molar-refractivity contribution in [1.82, 2.24) is 24.8 Å². The van der Waals surface area contributed by atoms with E-state index in [4.69, 9.17) is 32.7 Å². The number of aromatic nitrogens is 4. The molecular formula is C28H30Cl2N8O2. The van der Waals surface area contributed by atoms with E-state index >= 15 is 0 Å². The number of halogens is 2. The van der Waals surface area contributed by atoms with E-state index in [0.717, 1.165) is 44.1 Å². The molecule has 0 bridgehead atoms. The molecule has 1 aliphatic heterocycles. The van der Waals surface area contributed by atoms with Gasteiger partial charge < -0.3 is 29.9 Å². The quantitative estimate of drug-likeness (QED) is 0.249. The van der Waals surface area contributed by atoms with Crippen LogP contribution in [0.4, 0.5) is 28.8 Å². The van der Waals surface area contributed by atoms with Gasteiger partial charge in [0.1, 0.15) is 33.7 Å². The third-order valence-corrected chi connectivity index (χ3v) is 7.47. The van der Waals surface area contributed by atoms with Crippen LogP contribution in [0.2, 0.25) is 10.0 Å². The van der Waals surface area contributed by atoms with E-state index in [1.54, 1.807) is 18.3 Å². The molecule has 0 saturated carbocycles. The van der Waals surface area contributed by atoms with Crippen molar-refractivity contribution in [3.63, 3.8) is 0 Å². The molecule has 3 heterocycles. The molecule has 0 spiro atoms. The van der Waals surface area contributed by atoms with Crippen LogP contribution in [-0.2, 0) is 0 Å². The summed E-state index contributed by atoms with van der Waals surface area (Å²) in [7, 11) is 3.04. The molecule has 1 fully saturated rings. The number of hydrogen-bond acceptors (Lipinski definition) is 10. The van der Waals surface area contributed by atoms with Gasteiger partial charge in [0.05, 0.1) is 25.5 Å². The van der Waals surface area contributed by atoms with E-state index in [9.17, 15) is 0 Å². The highest BCUT2D eigenvalue weighted by atomic mass is 35.5. The Morgan fingerprint density at radius 1 is 0.875 bits per heavy atom. The first kappa shape index (κ1) is 27.7. The highest BCUT2D eigenvalue weighted by molar-refractivity contribution is 6.41. The molecule has 0 amide bonds. The van der Waals surface area contributed by atoms with Crippen molar-refractivity contribution in [2.75, 3.05) is 62.5 Å². The van der Waals surface area contributed by atoms with Crippen LogP contribution in [0.5, 0.6) is 11.5 Å². The van der Waals surface area contributed by atoms with Crippen LogP contribution in [0.15, 0.2) is 55.0 Å². The second-order valence-corrected chi connectivity index (χ2v) is 9.79. The minimum atomic E-state index is 0.291. The van der Waals surface area contributed by atoms with Crippen LogP contribution in [0.3, 0.4) is 0 Å². The predicted octanol–water partition coefficient (Wildman–Crippen LogP) is 5.89. The van der Waals surface area contributed by atoms with Crippen LogP contribution in [0.1, 0.15) is 6.92 Å². The van der Waals surface area contributed by atoms with Crippen LogP contribution in [0.25, 0.3) is 11.4 Å². The first-order valence-corrected chi connectivity index (χ1v) is 13.6. The average Bonchev–Trinajstić information content (AvgIpc) is 3.00. The number of piperazine rings is 1. The fourth-order valence-electron chi connectivity index (χ4n) is 4.52. The average molecular weight is 582 g/mol. The number of methoxy groups -OCH3 is 2. The van der Waals surface area contributed by atoms with Gasteiger partial charge in [0.2, 0.25) is 5.95 Å². The highest BCUT2D eigenvalue weighted by Gasteiger charge is 2.20. The molecule has 0 aliphatic carbocycles. The molecular weight excluding hydrogens is 551 g/mol. The lowest BCUT2D eigenvalue weighted by molar-refractivity contribution is 0.271. The summed E-state index contributed by atoms with van der Waals surface area (Å²) in [6.07, 6.45) is 3.11. The summed E-state index contributed by atoms with van der Waals surface area (Å²) >= 11 is 13.2. The van der Waals surface area contributed by atoms with E-state index in [1.165, 1.54) is 20.5 Å². The fraction of sp³-hybridized carbons (Fsp3) is 0.286. The number of benzene rings is 2. The van der Waals surface area contributed by atoms with Crippen molar-refractivity contribution in [3.05, 3.63) is 65.0 Å². The number of rotatable bonds is 9. The summed E-state index contributed by atoms with van der Waals surface area (Å²) in [6, 6.07) is 13.5. The van der Waals surface area contributed by atoms with Crippen LogP contribution in [-0.4, -0.2) is 71.8 Å². The van der Waals surface area contributed by atoms with Crippen molar-refractivity contribution < 1.29 is 9.47 Å². The largest absolute Gasteiger partial charge is 0.495 e. The lowest BCUT2D eigenvalue weighted by Gasteiger charge is -2.35. The van der Waals surface area contributed by atoms with Gasteiger partial charge >= 0.3 is 0 Å². The standard InChI is InChI=1S/C28H30Cl2N8O2/c1-4-37-11-13-38(14-12-37)19-8-5-7-18(15-19)34-28-33-17-32-27(36-28)20-9-6-10-31-26(20)35-25-23(29)21(39-2)16-22(40-3)24(25)30/h5-10,15-17H,4,11-14H2,1-3H3,(H,31,35)(H,32,33,34,36). The third kappa shape index (κ3) is 5.99. The van der Waals surface area contributed by atoms with Crippen LogP contribution < -0.4 is 25.0 Å². The van der Waals surface area contributed by atoms with Crippen molar-refractivity contribution >= 4 is 52.0 Å². The van der Waals surface area contributed by atoms with Gasteiger partial charge in [-0.15, -0.1) is 0 Å². The number of ether oxygens (including phenoxy) is 2. The van der Waals surface area contributed by atoms with Gasteiger partial charge in [-0.3, -0.25) is 0 Å². The summed E-state index contributed by atoms with van der Waals surface area (Å²) in [6.45, 7) is 7.40. The van der Waals surface area contributed by atoms with Gasteiger partial charge in [-0.25, -0.2) is 15.0 Å². The molecule has 10 nitrogen and oxygen atoms in total. The Kier molecular flexibility index (Phi) is 8.69. The molecule has 2 aromatic heterocycles. The normalized spacial score (nSPS) is 13.7. The maximum Gasteiger partial charge on any atom is 0.230 e. The summed E-state index contributed by atoms with van der Waals surface area (Å²) < 4.78 is 10.8. The topological polar surface area (TPSA) is 101 Å². The molecule has 2 N–H and O–H groups in total. The molecule has 1 aliphatic rings. The Labute approximate surface area is 243 Å². The summed E-state index contributed by atoms with van der Waals surface area (Å²) in [5, 5.41) is 7.11. The minimum absolute atomic E-state index is 0.291. The lowest BCUT2D eigenvalue weighted by Crippen LogP contribution is -2.46. The van der Waals surface area contributed by atoms with E-state index in [1.807, 2.05) is 18.2 Å². The van der Waals surface area contributed by atoms with E-state index < -0.39 is 0 Å². The number of likely N-dealkylation sites (N-methyl/N-ethyl adjacent to an activating group) is 1. The first-order valence-electron chi connectivity index (χ1n) is 12.9. The van der Waals surface area contributed by atoms with Crippen molar-refractivity contribution in [2.24, 2.45) is 0 Å². The predicted molar refractivity (Wildman–Crippen MR) is 160 cm³/mol. The molecule has 1 saturated heterocycles. The molecule has 40 heavy (non-hydrogen) atoms. The van der Waals surface area contributed by atoms with E-state index in [2.05, 4.69) is 59.4 Å². The monoisotopic (exact) mass is 580 g/mol. The Hall–Kier alpha value is -3.86. The Balaban J connectivity index is 1.40. The second-order valence-electron chi connectivity index (χ2n) is 9.04. The molecule has 2 aromatic carbocycles. The molecule has 0 atom stereocenters. The van der Waals surface area contributed by atoms with E-state index in [0.29, 0.717) is 50.4 Å². The number of nitrogens with one attached hydrogen (secondary N) is 2. The first-order chi connectivity index (χ1) is 19.5. The van der Waals surface area contributed by atoms with Crippen molar-refractivity contribution in [3.8, 4) is 22.9 Å². The molecule has 208 valence electrons. The molecule has 0 unspecified atom stereocenters. The lowest BCUT2D eigenvalue weighted by atomic mass is 10.2. The third-order valence-electron chi connectivity index (χ3n) is 6.72. The van der Waals surface area contributed by atoms with Crippen LogP contribution in [0, 0.1) is 0 Å².